The lowest BCUT2D eigenvalue weighted by atomic mass is 10.0. The summed E-state index contributed by atoms with van der Waals surface area (Å²) in [7, 11) is 0. The summed E-state index contributed by atoms with van der Waals surface area (Å²) in [6.07, 6.45) is 1.99. The molecule has 1 saturated heterocycles. The van der Waals surface area contributed by atoms with E-state index in [1.54, 1.807) is 18.2 Å². The van der Waals surface area contributed by atoms with Crippen molar-refractivity contribution < 1.29 is 19.0 Å². The van der Waals surface area contributed by atoms with E-state index in [4.69, 9.17) is 4.74 Å². The highest BCUT2D eigenvalue weighted by atomic mass is 32.1. The maximum absolute atomic E-state index is 13.6. The number of nitrogens with zero attached hydrogens (tertiary/aromatic N) is 1. The Morgan fingerprint density at radius 1 is 1.08 bits per heavy atom. The number of carbonyl (C=O) groups excluding carboxylic acids is 1. The first kappa shape index (κ1) is 24.5. The van der Waals surface area contributed by atoms with Gasteiger partial charge in [-0.1, -0.05) is 29.8 Å². The van der Waals surface area contributed by atoms with Crippen molar-refractivity contribution in [3.05, 3.63) is 87.8 Å². The van der Waals surface area contributed by atoms with Crippen molar-refractivity contribution in [3.63, 3.8) is 0 Å². The fraction of sp³-hybridized carbons (Fsp3) is 0.300. The molecule has 5 rings (SSSR count). The summed E-state index contributed by atoms with van der Waals surface area (Å²) in [5.74, 6) is 1.49. The topological polar surface area (TPSA) is 49.8 Å². The molecule has 3 aromatic carbocycles. The Morgan fingerprint density at radius 3 is 2.61 bits per heavy atom. The van der Waals surface area contributed by atoms with Gasteiger partial charge in [0, 0.05) is 34.7 Å². The summed E-state index contributed by atoms with van der Waals surface area (Å²) in [4.78, 5) is 16.4. The van der Waals surface area contributed by atoms with Crippen LogP contribution in [0.15, 0.2) is 60.7 Å². The van der Waals surface area contributed by atoms with E-state index in [9.17, 15) is 14.3 Å². The summed E-state index contributed by atoms with van der Waals surface area (Å²) < 4.78 is 19.7. The maximum atomic E-state index is 13.6. The van der Waals surface area contributed by atoms with Gasteiger partial charge in [0.05, 0.1) is 6.67 Å². The number of aryl methyl sites for hydroxylation is 3. The Bertz CT molecular complexity index is 1390. The van der Waals surface area contributed by atoms with Gasteiger partial charge in [0.25, 0.3) is 0 Å². The first-order valence-corrected chi connectivity index (χ1v) is 13.2. The van der Waals surface area contributed by atoms with Gasteiger partial charge < -0.3 is 14.7 Å². The molecule has 36 heavy (non-hydrogen) atoms. The molecule has 6 heteroatoms. The van der Waals surface area contributed by atoms with E-state index >= 15 is 0 Å². The van der Waals surface area contributed by atoms with E-state index in [1.165, 1.54) is 16.9 Å². The second-order valence-corrected chi connectivity index (χ2v) is 10.8. The highest BCUT2D eigenvalue weighted by molar-refractivity contribution is 7.21. The molecule has 1 fully saturated rings. The molecule has 4 aromatic rings. The number of phenols is 1. The van der Waals surface area contributed by atoms with Crippen LogP contribution in [0.25, 0.3) is 10.1 Å². The number of fused-ring (bicyclic) bond motifs is 1. The summed E-state index contributed by atoms with van der Waals surface area (Å²) in [6, 6.07) is 19.0. The average Bonchev–Trinajstić information content (AvgIpc) is 3.19. The minimum absolute atomic E-state index is 0.0792. The number of carbonyl (C=O) groups is 1. The molecule has 1 aliphatic rings. The Morgan fingerprint density at radius 2 is 1.86 bits per heavy atom. The number of aromatic hydroxyl groups is 1. The van der Waals surface area contributed by atoms with Crippen LogP contribution in [0.2, 0.25) is 0 Å². The SMILES string of the molecule is Cc1ccc(C)c(C(=O)c2sc3cc(O)ccc3c2Oc2ccc(CCCN3CC(CF)C3)cc2)c1. The van der Waals surface area contributed by atoms with Crippen LogP contribution in [0.1, 0.15) is 38.3 Å². The van der Waals surface area contributed by atoms with Gasteiger partial charge in [-0.25, -0.2) is 0 Å². The molecule has 2 heterocycles. The Kier molecular flexibility index (Phi) is 7.08. The number of hydrogen-bond donors (Lipinski definition) is 1. The number of likely N-dealkylation sites (tertiary alicyclic amines) is 1. The maximum Gasteiger partial charge on any atom is 0.207 e. The normalized spacial score (nSPS) is 14.2. The molecule has 0 spiro atoms. The average molecular weight is 504 g/mol. The quantitative estimate of drug-likeness (QED) is 0.248. The van der Waals surface area contributed by atoms with Crippen molar-refractivity contribution in [2.24, 2.45) is 5.92 Å². The Balaban J connectivity index is 1.35. The lowest BCUT2D eigenvalue weighted by Crippen LogP contribution is -2.47. The van der Waals surface area contributed by atoms with Gasteiger partial charge in [0.15, 0.2) is 5.75 Å². The van der Waals surface area contributed by atoms with E-state index in [0.29, 0.717) is 21.9 Å². The molecule has 0 bridgehead atoms. The lowest BCUT2D eigenvalue weighted by molar-refractivity contribution is 0.0801. The number of hydrogen-bond acceptors (Lipinski definition) is 5. The van der Waals surface area contributed by atoms with Gasteiger partial charge in [0.1, 0.15) is 16.4 Å². The van der Waals surface area contributed by atoms with Crippen LogP contribution in [0, 0.1) is 19.8 Å². The van der Waals surface area contributed by atoms with E-state index in [1.807, 2.05) is 44.2 Å². The van der Waals surface area contributed by atoms with Crippen molar-refractivity contribution in [3.8, 4) is 17.2 Å². The van der Waals surface area contributed by atoms with E-state index in [-0.39, 0.29) is 24.1 Å². The van der Waals surface area contributed by atoms with Gasteiger partial charge in [0.2, 0.25) is 5.78 Å². The van der Waals surface area contributed by atoms with Gasteiger partial charge >= 0.3 is 0 Å². The fourth-order valence-electron chi connectivity index (χ4n) is 4.72. The first-order valence-electron chi connectivity index (χ1n) is 12.3. The molecule has 0 atom stereocenters. The smallest absolute Gasteiger partial charge is 0.207 e. The van der Waals surface area contributed by atoms with Crippen LogP contribution in [0.3, 0.4) is 0 Å². The molecule has 1 N–H and O–H groups in total. The number of ether oxygens (including phenoxy) is 1. The van der Waals surface area contributed by atoms with Gasteiger partial charge in [-0.2, -0.15) is 0 Å². The van der Waals surface area contributed by atoms with Crippen LogP contribution in [-0.4, -0.2) is 42.1 Å². The highest BCUT2D eigenvalue weighted by Gasteiger charge is 2.26. The number of rotatable bonds is 9. The minimum Gasteiger partial charge on any atom is -0.508 e. The number of thiophene rings is 1. The molecule has 1 aromatic heterocycles. The van der Waals surface area contributed by atoms with Crippen LogP contribution < -0.4 is 4.74 Å². The largest absolute Gasteiger partial charge is 0.508 e. The van der Waals surface area contributed by atoms with E-state index in [2.05, 4.69) is 17.0 Å². The molecule has 0 aliphatic carbocycles. The van der Waals surface area contributed by atoms with Crippen molar-refractivity contribution in [2.75, 3.05) is 26.3 Å². The molecule has 0 radical (unpaired) electrons. The molecule has 0 amide bonds. The van der Waals surface area contributed by atoms with Crippen LogP contribution >= 0.6 is 11.3 Å². The zero-order valence-corrected chi connectivity index (χ0v) is 21.4. The fourth-order valence-corrected chi connectivity index (χ4v) is 5.84. The zero-order valence-electron chi connectivity index (χ0n) is 20.6. The van der Waals surface area contributed by atoms with Gasteiger partial charge in [-0.05, 0) is 80.8 Å². The van der Waals surface area contributed by atoms with Crippen molar-refractivity contribution in [1.82, 2.24) is 4.90 Å². The summed E-state index contributed by atoms with van der Waals surface area (Å²) in [6.45, 7) is 6.44. The number of phenolic OH excluding ortho intramolecular Hbond substituents is 1. The van der Waals surface area contributed by atoms with Crippen LogP contribution in [0.4, 0.5) is 4.39 Å². The van der Waals surface area contributed by atoms with Crippen LogP contribution in [0.5, 0.6) is 17.2 Å². The third kappa shape index (κ3) is 5.15. The van der Waals surface area contributed by atoms with Crippen LogP contribution in [-0.2, 0) is 6.42 Å². The molecular formula is C30H30FNO3S. The number of ketones is 1. The number of halogens is 1. The third-order valence-electron chi connectivity index (χ3n) is 6.81. The molecule has 0 unspecified atom stereocenters. The predicted octanol–water partition coefficient (Wildman–Crippen LogP) is 7.08. The number of alkyl halides is 1. The first-order chi connectivity index (χ1) is 17.4. The molecule has 4 nitrogen and oxygen atoms in total. The molecule has 0 saturated carbocycles. The van der Waals surface area contributed by atoms with Crippen molar-refractivity contribution in [2.45, 2.75) is 26.7 Å². The van der Waals surface area contributed by atoms with Gasteiger partial charge in [-0.15, -0.1) is 11.3 Å². The van der Waals surface area contributed by atoms with Gasteiger partial charge in [-0.3, -0.25) is 9.18 Å². The Hall–Kier alpha value is -3.22. The summed E-state index contributed by atoms with van der Waals surface area (Å²) in [5.41, 5.74) is 3.82. The summed E-state index contributed by atoms with van der Waals surface area (Å²) in [5, 5.41) is 10.8. The van der Waals surface area contributed by atoms with Crippen molar-refractivity contribution >= 4 is 27.2 Å². The zero-order chi connectivity index (χ0) is 25.2. The number of benzene rings is 3. The molecule has 1 aliphatic heterocycles. The summed E-state index contributed by atoms with van der Waals surface area (Å²) >= 11 is 1.34. The van der Waals surface area contributed by atoms with E-state index < -0.39 is 0 Å². The van der Waals surface area contributed by atoms with E-state index in [0.717, 1.165) is 53.7 Å². The highest BCUT2D eigenvalue weighted by Crippen LogP contribution is 2.43. The Labute approximate surface area is 215 Å². The molecule has 186 valence electrons. The third-order valence-corrected chi connectivity index (χ3v) is 7.94. The minimum atomic E-state index is -0.212. The second-order valence-electron chi connectivity index (χ2n) is 9.72. The standard InChI is InChI=1S/C30H30FNO3S/c1-19-5-6-20(2)26(14-19)28(34)30-29(25-12-9-23(33)15-27(25)36-30)35-24-10-7-21(8-11-24)4-3-13-32-17-22(16-31)18-32/h5-12,14-15,22,33H,3-4,13,16-18H2,1-2H3. The monoisotopic (exact) mass is 503 g/mol. The molecular weight excluding hydrogens is 473 g/mol. The second kappa shape index (κ2) is 10.4. The lowest BCUT2D eigenvalue weighted by Gasteiger charge is -2.37. The van der Waals surface area contributed by atoms with Crippen molar-refractivity contribution in [1.29, 1.82) is 0 Å². The predicted molar refractivity (Wildman–Crippen MR) is 144 cm³/mol.